The smallest absolute Gasteiger partial charge is 0.173 e. The lowest BCUT2D eigenvalue weighted by molar-refractivity contribution is -0.117. The van der Waals surface area contributed by atoms with Gasteiger partial charge in [-0.2, -0.15) is 5.10 Å². The standard InChI is InChI=1S/C10H14N2O2/c1-3-9(13)5-10(14)8-6-11-12(4-2)7-8/h6-7H,3-5H2,1-2H3. The molecule has 0 aromatic carbocycles. The van der Waals surface area contributed by atoms with Gasteiger partial charge < -0.3 is 0 Å². The molecule has 4 nitrogen and oxygen atoms in total. The lowest BCUT2D eigenvalue weighted by Gasteiger charge is -1.94. The molecule has 0 spiro atoms. The van der Waals surface area contributed by atoms with Gasteiger partial charge in [-0.3, -0.25) is 14.3 Å². The maximum Gasteiger partial charge on any atom is 0.173 e. The van der Waals surface area contributed by atoms with Crippen LogP contribution in [0.4, 0.5) is 0 Å². The van der Waals surface area contributed by atoms with Gasteiger partial charge in [-0.25, -0.2) is 0 Å². The van der Waals surface area contributed by atoms with Gasteiger partial charge in [0, 0.05) is 19.2 Å². The Morgan fingerprint density at radius 2 is 2.14 bits per heavy atom. The molecule has 76 valence electrons. The van der Waals surface area contributed by atoms with Crippen molar-refractivity contribution in [1.29, 1.82) is 0 Å². The highest BCUT2D eigenvalue weighted by atomic mass is 16.1. The Morgan fingerprint density at radius 3 is 2.64 bits per heavy atom. The van der Waals surface area contributed by atoms with Crippen molar-refractivity contribution in [2.24, 2.45) is 0 Å². The van der Waals surface area contributed by atoms with Gasteiger partial charge in [0.25, 0.3) is 0 Å². The average Bonchev–Trinajstić information content (AvgIpc) is 2.65. The van der Waals surface area contributed by atoms with Crippen molar-refractivity contribution in [2.45, 2.75) is 33.2 Å². The normalized spacial score (nSPS) is 10.1. The second-order valence-corrected chi connectivity index (χ2v) is 3.08. The molecule has 0 fully saturated rings. The fourth-order valence-corrected chi connectivity index (χ4v) is 1.09. The Hall–Kier alpha value is -1.45. The van der Waals surface area contributed by atoms with Crippen LogP contribution in [0.5, 0.6) is 0 Å². The maximum absolute atomic E-state index is 11.5. The average molecular weight is 194 g/mol. The molecule has 1 aromatic heterocycles. The minimum Gasteiger partial charge on any atom is -0.299 e. The zero-order valence-electron chi connectivity index (χ0n) is 8.49. The Bertz CT molecular complexity index is 342. The molecule has 0 unspecified atom stereocenters. The summed E-state index contributed by atoms with van der Waals surface area (Å²) in [6, 6.07) is 0. The predicted octanol–water partition coefficient (Wildman–Crippen LogP) is 1.45. The minimum atomic E-state index is -0.142. The fourth-order valence-electron chi connectivity index (χ4n) is 1.09. The first-order valence-electron chi connectivity index (χ1n) is 4.74. The zero-order chi connectivity index (χ0) is 10.6. The molecule has 0 aliphatic carbocycles. The van der Waals surface area contributed by atoms with E-state index < -0.39 is 0 Å². The van der Waals surface area contributed by atoms with Crippen molar-refractivity contribution in [1.82, 2.24) is 9.78 Å². The van der Waals surface area contributed by atoms with Gasteiger partial charge in [0.2, 0.25) is 0 Å². The third-order valence-corrected chi connectivity index (χ3v) is 2.03. The first-order chi connectivity index (χ1) is 6.67. The lowest BCUT2D eigenvalue weighted by atomic mass is 10.1. The number of rotatable bonds is 5. The van der Waals surface area contributed by atoms with Gasteiger partial charge in [-0.15, -0.1) is 0 Å². The Kier molecular flexibility index (Phi) is 3.56. The molecular formula is C10H14N2O2. The molecule has 1 heterocycles. The van der Waals surface area contributed by atoms with Crippen molar-refractivity contribution in [3.8, 4) is 0 Å². The number of aryl methyl sites for hydroxylation is 1. The summed E-state index contributed by atoms with van der Waals surface area (Å²) in [5.41, 5.74) is 0.522. The Balaban J connectivity index is 2.65. The molecular weight excluding hydrogens is 180 g/mol. The van der Waals surface area contributed by atoms with E-state index in [9.17, 15) is 9.59 Å². The minimum absolute atomic E-state index is 0.00803. The van der Waals surface area contributed by atoms with Crippen LogP contribution in [0.2, 0.25) is 0 Å². The number of carbonyl (C=O) groups excluding carboxylic acids is 2. The summed E-state index contributed by atoms with van der Waals surface area (Å²) in [6.45, 7) is 4.43. The molecule has 0 atom stereocenters. The molecule has 4 heteroatoms. The van der Waals surface area contributed by atoms with Gasteiger partial charge in [-0.05, 0) is 6.92 Å². The Morgan fingerprint density at radius 1 is 1.43 bits per heavy atom. The molecule has 1 aromatic rings. The van der Waals surface area contributed by atoms with E-state index in [1.165, 1.54) is 6.20 Å². The summed E-state index contributed by atoms with van der Waals surface area (Å²) < 4.78 is 1.67. The molecule has 14 heavy (non-hydrogen) atoms. The topological polar surface area (TPSA) is 52.0 Å². The van der Waals surface area contributed by atoms with E-state index >= 15 is 0 Å². The predicted molar refractivity (Wildman–Crippen MR) is 52.1 cm³/mol. The van der Waals surface area contributed by atoms with Gasteiger partial charge in [0.1, 0.15) is 5.78 Å². The molecule has 0 N–H and O–H groups in total. The van der Waals surface area contributed by atoms with Crippen LogP contribution in [-0.4, -0.2) is 21.3 Å². The monoisotopic (exact) mass is 194 g/mol. The van der Waals surface area contributed by atoms with Gasteiger partial charge >= 0.3 is 0 Å². The van der Waals surface area contributed by atoms with Crippen molar-refractivity contribution < 1.29 is 9.59 Å². The lowest BCUT2D eigenvalue weighted by Crippen LogP contribution is -2.06. The van der Waals surface area contributed by atoms with E-state index in [1.54, 1.807) is 17.8 Å². The largest absolute Gasteiger partial charge is 0.299 e. The number of ketones is 2. The Labute approximate surface area is 82.9 Å². The summed E-state index contributed by atoms with van der Waals surface area (Å²) in [6.07, 6.45) is 3.58. The zero-order valence-corrected chi connectivity index (χ0v) is 8.49. The van der Waals surface area contributed by atoms with Crippen LogP contribution < -0.4 is 0 Å². The van der Waals surface area contributed by atoms with Crippen molar-refractivity contribution in [2.75, 3.05) is 0 Å². The summed E-state index contributed by atoms with van der Waals surface area (Å²) in [7, 11) is 0. The van der Waals surface area contributed by atoms with Crippen LogP contribution in [0.25, 0.3) is 0 Å². The SMILES string of the molecule is CCC(=O)CC(=O)c1cnn(CC)c1. The molecule has 0 amide bonds. The molecule has 0 saturated carbocycles. The van der Waals surface area contributed by atoms with Crippen molar-refractivity contribution in [3.05, 3.63) is 18.0 Å². The molecule has 0 radical (unpaired) electrons. The quantitative estimate of drug-likeness (QED) is 0.526. The van der Waals surface area contributed by atoms with E-state index in [0.717, 1.165) is 6.54 Å². The number of carbonyl (C=O) groups is 2. The number of nitrogens with zero attached hydrogens (tertiary/aromatic N) is 2. The van der Waals surface area contributed by atoms with Gasteiger partial charge in [-0.1, -0.05) is 6.92 Å². The summed E-state index contributed by atoms with van der Waals surface area (Å²) in [5, 5.41) is 3.97. The molecule has 0 saturated heterocycles. The number of aromatic nitrogens is 2. The first-order valence-corrected chi connectivity index (χ1v) is 4.74. The van der Waals surface area contributed by atoms with E-state index in [-0.39, 0.29) is 18.0 Å². The highest BCUT2D eigenvalue weighted by Crippen LogP contribution is 2.03. The van der Waals surface area contributed by atoms with Crippen LogP contribution in [0.15, 0.2) is 12.4 Å². The summed E-state index contributed by atoms with van der Waals surface area (Å²) in [5.74, 6) is -0.171. The van der Waals surface area contributed by atoms with E-state index in [1.807, 2.05) is 6.92 Å². The number of hydrogen-bond donors (Lipinski definition) is 0. The van der Waals surface area contributed by atoms with Crippen LogP contribution in [0, 0.1) is 0 Å². The maximum atomic E-state index is 11.5. The molecule has 0 bridgehead atoms. The highest BCUT2D eigenvalue weighted by molar-refractivity contribution is 6.07. The fraction of sp³-hybridized carbons (Fsp3) is 0.500. The van der Waals surface area contributed by atoms with Crippen LogP contribution in [-0.2, 0) is 11.3 Å². The van der Waals surface area contributed by atoms with Gasteiger partial charge in [0.15, 0.2) is 5.78 Å². The van der Waals surface area contributed by atoms with Crippen LogP contribution in [0.1, 0.15) is 37.0 Å². The summed E-state index contributed by atoms with van der Waals surface area (Å²) in [4.78, 5) is 22.5. The molecule has 0 aliphatic rings. The highest BCUT2D eigenvalue weighted by Gasteiger charge is 2.11. The van der Waals surface area contributed by atoms with Crippen molar-refractivity contribution >= 4 is 11.6 Å². The van der Waals surface area contributed by atoms with Crippen molar-refractivity contribution in [3.63, 3.8) is 0 Å². The first kappa shape index (κ1) is 10.6. The second-order valence-electron chi connectivity index (χ2n) is 3.08. The van der Waals surface area contributed by atoms with Crippen LogP contribution >= 0.6 is 0 Å². The molecule has 0 aliphatic heterocycles. The summed E-state index contributed by atoms with van der Waals surface area (Å²) >= 11 is 0. The second kappa shape index (κ2) is 4.69. The van der Waals surface area contributed by atoms with Crippen LogP contribution in [0.3, 0.4) is 0 Å². The van der Waals surface area contributed by atoms with E-state index in [0.29, 0.717) is 12.0 Å². The third kappa shape index (κ3) is 2.52. The van der Waals surface area contributed by atoms with E-state index in [2.05, 4.69) is 5.10 Å². The molecule has 1 rings (SSSR count). The third-order valence-electron chi connectivity index (χ3n) is 2.03. The number of hydrogen-bond acceptors (Lipinski definition) is 3. The van der Waals surface area contributed by atoms with Gasteiger partial charge in [0.05, 0.1) is 18.2 Å². The van der Waals surface area contributed by atoms with E-state index in [4.69, 9.17) is 0 Å². The number of Topliss-reactive ketones (excluding diaryl/α,β-unsaturated/α-hetero) is 2.